The molecule has 0 saturated carbocycles. The number of nitrogens with two attached hydrogens (primary N) is 1. The zero-order valence-electron chi connectivity index (χ0n) is 16.8. The summed E-state index contributed by atoms with van der Waals surface area (Å²) >= 11 is 0. The average Bonchev–Trinajstić information content (AvgIpc) is 3.24. The maximum Gasteiger partial charge on any atom is 0.270 e. The van der Waals surface area contributed by atoms with Crippen LogP contribution in [0.1, 0.15) is 11.1 Å². The van der Waals surface area contributed by atoms with Gasteiger partial charge in [-0.3, -0.25) is 0 Å². The molecule has 3 N–H and O–H groups in total. The Morgan fingerprint density at radius 2 is 1.53 bits per heavy atom. The molecule has 2 aromatic carbocycles. The standard InChI is InChI=1S/C22H22N6O2/c1-28(2)12-14-3-7-16(8-4-14)18-11-24-20(23)19(25-18)22-27-26-21(30-22)17-9-5-15(13-29)6-10-17/h3-11,29H,12-13H2,1-2H3,(H2,23,24). The van der Waals surface area contributed by atoms with E-state index in [2.05, 4.69) is 37.2 Å². The normalized spacial score (nSPS) is 11.2. The largest absolute Gasteiger partial charge is 0.414 e. The van der Waals surface area contributed by atoms with Crippen molar-refractivity contribution in [3.63, 3.8) is 0 Å². The van der Waals surface area contributed by atoms with Crippen LogP contribution in [0.5, 0.6) is 0 Å². The minimum Gasteiger partial charge on any atom is -0.414 e. The summed E-state index contributed by atoms with van der Waals surface area (Å²) in [7, 11) is 4.07. The molecule has 0 saturated heterocycles. The third-order valence-corrected chi connectivity index (χ3v) is 4.56. The number of anilines is 1. The third-order valence-electron chi connectivity index (χ3n) is 4.56. The molecule has 2 heterocycles. The molecule has 152 valence electrons. The molecule has 0 atom stereocenters. The summed E-state index contributed by atoms with van der Waals surface area (Å²) < 4.78 is 5.79. The number of aromatic nitrogens is 4. The Kier molecular flexibility index (Phi) is 5.51. The Morgan fingerprint density at radius 3 is 2.20 bits per heavy atom. The fourth-order valence-corrected chi connectivity index (χ4v) is 3.03. The van der Waals surface area contributed by atoms with Crippen molar-refractivity contribution in [2.75, 3.05) is 19.8 Å². The summed E-state index contributed by atoms with van der Waals surface area (Å²) in [6, 6.07) is 15.4. The molecule has 0 aliphatic heterocycles. The van der Waals surface area contributed by atoms with Crippen LogP contribution >= 0.6 is 0 Å². The number of aliphatic hydroxyl groups is 1. The maximum atomic E-state index is 9.17. The number of rotatable bonds is 6. The van der Waals surface area contributed by atoms with E-state index in [0.717, 1.165) is 23.2 Å². The highest BCUT2D eigenvalue weighted by molar-refractivity contribution is 5.68. The molecular weight excluding hydrogens is 380 g/mol. The highest BCUT2D eigenvalue weighted by Crippen LogP contribution is 2.28. The second kappa shape index (κ2) is 8.40. The molecule has 0 aliphatic carbocycles. The number of aliphatic hydroxyl groups excluding tert-OH is 1. The van der Waals surface area contributed by atoms with E-state index in [4.69, 9.17) is 10.2 Å². The number of nitrogens with zero attached hydrogens (tertiary/aromatic N) is 5. The van der Waals surface area contributed by atoms with E-state index in [9.17, 15) is 5.11 Å². The van der Waals surface area contributed by atoms with E-state index in [1.807, 2.05) is 38.4 Å². The van der Waals surface area contributed by atoms with Gasteiger partial charge in [0.15, 0.2) is 11.5 Å². The van der Waals surface area contributed by atoms with Crippen LogP contribution in [0, 0.1) is 0 Å². The SMILES string of the molecule is CN(C)Cc1ccc(-c2cnc(N)c(-c3nnc(-c4ccc(CO)cc4)o3)n2)cc1. The van der Waals surface area contributed by atoms with Crippen LogP contribution in [-0.4, -0.2) is 44.3 Å². The Labute approximate surface area is 174 Å². The van der Waals surface area contributed by atoms with Crippen LogP contribution in [0.3, 0.4) is 0 Å². The molecular formula is C22H22N6O2. The quantitative estimate of drug-likeness (QED) is 0.506. The lowest BCUT2D eigenvalue weighted by molar-refractivity contribution is 0.282. The minimum atomic E-state index is -0.0234. The first kappa shape index (κ1) is 19.7. The molecule has 0 spiro atoms. The summed E-state index contributed by atoms with van der Waals surface area (Å²) in [5, 5.41) is 17.4. The summed E-state index contributed by atoms with van der Waals surface area (Å²) in [5.74, 6) is 0.759. The topological polar surface area (TPSA) is 114 Å². The Hall–Kier alpha value is -3.62. The van der Waals surface area contributed by atoms with Gasteiger partial charge in [0.1, 0.15) is 0 Å². The monoisotopic (exact) mass is 402 g/mol. The summed E-state index contributed by atoms with van der Waals surface area (Å²) in [6.45, 7) is 0.841. The molecule has 0 unspecified atom stereocenters. The van der Waals surface area contributed by atoms with Gasteiger partial charge in [-0.05, 0) is 37.4 Å². The van der Waals surface area contributed by atoms with Crippen molar-refractivity contribution in [3.8, 4) is 34.3 Å². The van der Waals surface area contributed by atoms with Gasteiger partial charge in [-0.25, -0.2) is 9.97 Å². The van der Waals surface area contributed by atoms with Crippen LogP contribution in [0.4, 0.5) is 5.82 Å². The van der Waals surface area contributed by atoms with E-state index < -0.39 is 0 Å². The molecule has 8 heteroatoms. The first-order chi connectivity index (χ1) is 14.5. The third kappa shape index (κ3) is 4.19. The molecule has 0 amide bonds. The molecule has 8 nitrogen and oxygen atoms in total. The molecule has 4 rings (SSSR count). The molecule has 0 aliphatic rings. The zero-order chi connectivity index (χ0) is 21.1. The average molecular weight is 402 g/mol. The van der Waals surface area contributed by atoms with Gasteiger partial charge in [0.05, 0.1) is 18.5 Å². The minimum absolute atomic E-state index is 0.0234. The van der Waals surface area contributed by atoms with Crippen LogP contribution in [0.2, 0.25) is 0 Å². The van der Waals surface area contributed by atoms with Gasteiger partial charge in [0.25, 0.3) is 5.89 Å². The van der Waals surface area contributed by atoms with Gasteiger partial charge in [-0.15, -0.1) is 10.2 Å². The van der Waals surface area contributed by atoms with Crippen LogP contribution in [-0.2, 0) is 13.2 Å². The fraction of sp³-hybridized carbons (Fsp3) is 0.182. The van der Waals surface area contributed by atoms with Crippen LogP contribution in [0.15, 0.2) is 59.1 Å². The first-order valence-electron chi connectivity index (χ1n) is 9.44. The van der Waals surface area contributed by atoms with E-state index in [1.165, 1.54) is 5.56 Å². The maximum absolute atomic E-state index is 9.17. The molecule has 2 aromatic heterocycles. The number of hydrogen-bond donors (Lipinski definition) is 2. The number of benzene rings is 2. The first-order valence-corrected chi connectivity index (χ1v) is 9.44. The van der Waals surface area contributed by atoms with E-state index in [0.29, 0.717) is 17.3 Å². The van der Waals surface area contributed by atoms with Crippen molar-refractivity contribution in [1.82, 2.24) is 25.1 Å². The highest BCUT2D eigenvalue weighted by atomic mass is 16.4. The lowest BCUT2D eigenvalue weighted by Gasteiger charge is -2.10. The molecule has 30 heavy (non-hydrogen) atoms. The van der Waals surface area contributed by atoms with Crippen molar-refractivity contribution in [3.05, 3.63) is 65.9 Å². The number of hydrogen-bond acceptors (Lipinski definition) is 8. The van der Waals surface area contributed by atoms with Crippen molar-refractivity contribution in [2.24, 2.45) is 0 Å². The van der Waals surface area contributed by atoms with Crippen LogP contribution < -0.4 is 5.73 Å². The van der Waals surface area contributed by atoms with Crippen LogP contribution in [0.25, 0.3) is 34.3 Å². The van der Waals surface area contributed by atoms with Gasteiger partial charge >= 0.3 is 0 Å². The van der Waals surface area contributed by atoms with Gasteiger partial charge < -0.3 is 20.2 Å². The zero-order valence-corrected chi connectivity index (χ0v) is 16.8. The summed E-state index contributed by atoms with van der Waals surface area (Å²) in [5.41, 5.74) is 10.7. The Balaban J connectivity index is 1.63. The second-order valence-electron chi connectivity index (χ2n) is 7.19. The predicted octanol–water partition coefficient (Wildman–Crippen LogP) is 3.00. The molecule has 0 fully saturated rings. The molecule has 0 radical (unpaired) electrons. The van der Waals surface area contributed by atoms with Crippen molar-refractivity contribution in [1.29, 1.82) is 0 Å². The van der Waals surface area contributed by atoms with Gasteiger partial charge in [-0.1, -0.05) is 36.4 Å². The smallest absolute Gasteiger partial charge is 0.270 e. The lowest BCUT2D eigenvalue weighted by atomic mass is 10.1. The van der Waals surface area contributed by atoms with Crippen molar-refractivity contribution >= 4 is 5.82 Å². The predicted molar refractivity (Wildman–Crippen MR) is 114 cm³/mol. The van der Waals surface area contributed by atoms with Gasteiger partial charge in [0, 0.05) is 17.7 Å². The fourth-order valence-electron chi connectivity index (χ4n) is 3.03. The Morgan fingerprint density at radius 1 is 0.900 bits per heavy atom. The van der Waals surface area contributed by atoms with Crippen molar-refractivity contribution < 1.29 is 9.52 Å². The van der Waals surface area contributed by atoms with E-state index >= 15 is 0 Å². The molecule has 0 bridgehead atoms. The molecule has 4 aromatic rings. The number of nitrogen functional groups attached to an aromatic ring is 1. The van der Waals surface area contributed by atoms with E-state index in [1.54, 1.807) is 18.3 Å². The Bertz CT molecular complexity index is 1140. The van der Waals surface area contributed by atoms with Crippen molar-refractivity contribution in [2.45, 2.75) is 13.2 Å². The summed E-state index contributed by atoms with van der Waals surface area (Å²) in [4.78, 5) is 11.0. The lowest BCUT2D eigenvalue weighted by Crippen LogP contribution is -2.10. The summed E-state index contributed by atoms with van der Waals surface area (Å²) in [6.07, 6.45) is 1.63. The highest BCUT2D eigenvalue weighted by Gasteiger charge is 2.17. The van der Waals surface area contributed by atoms with E-state index in [-0.39, 0.29) is 18.3 Å². The van der Waals surface area contributed by atoms with Gasteiger partial charge in [-0.2, -0.15) is 0 Å². The van der Waals surface area contributed by atoms with Gasteiger partial charge in [0.2, 0.25) is 5.89 Å². The second-order valence-corrected chi connectivity index (χ2v) is 7.19.